The molecule has 0 aliphatic carbocycles. The van der Waals surface area contributed by atoms with Gasteiger partial charge in [0.25, 0.3) is 0 Å². The van der Waals surface area contributed by atoms with Crippen LogP contribution in [0.25, 0.3) is 11.6 Å². The maximum atomic E-state index is 12.7. The molecule has 0 fully saturated rings. The fraction of sp³-hybridized carbons (Fsp3) is 0.294. The molecule has 0 aliphatic heterocycles. The number of aromatic nitrogens is 3. The van der Waals surface area contributed by atoms with Crippen molar-refractivity contribution in [2.45, 2.75) is 6.61 Å². The second-order valence-electron chi connectivity index (χ2n) is 5.51. The van der Waals surface area contributed by atoms with E-state index in [1.807, 2.05) is 6.07 Å². The first-order chi connectivity index (χ1) is 13.3. The van der Waals surface area contributed by atoms with E-state index < -0.39 is 6.61 Å². The highest BCUT2D eigenvalue weighted by Gasteiger charge is 2.18. The Kier molecular flexibility index (Phi) is 6.49. The average molecular weight is 392 g/mol. The van der Waals surface area contributed by atoms with Gasteiger partial charge in [0.1, 0.15) is 6.07 Å². The molecule has 9 nitrogen and oxygen atoms in total. The minimum Gasteiger partial charge on any atom is -0.493 e. The molecule has 0 saturated carbocycles. The van der Waals surface area contributed by atoms with E-state index in [0.29, 0.717) is 5.56 Å². The number of benzene rings is 1. The van der Waals surface area contributed by atoms with Gasteiger partial charge in [-0.3, -0.25) is 0 Å². The Morgan fingerprint density at radius 1 is 1.18 bits per heavy atom. The molecule has 0 unspecified atom stereocenters. The first-order valence-electron chi connectivity index (χ1n) is 7.81. The summed E-state index contributed by atoms with van der Waals surface area (Å²) in [6, 6.07) is 4.81. The number of halogens is 2. The molecule has 0 bridgehead atoms. The van der Waals surface area contributed by atoms with E-state index in [1.165, 1.54) is 32.4 Å². The molecule has 0 amide bonds. The van der Waals surface area contributed by atoms with Gasteiger partial charge in [-0.05, 0) is 23.8 Å². The number of rotatable bonds is 7. The zero-order valence-electron chi connectivity index (χ0n) is 15.6. The number of nitrogens with zero attached hydrogens (tertiary/aromatic N) is 5. The Hall–Kier alpha value is -3.68. The predicted molar refractivity (Wildman–Crippen MR) is 98.2 cm³/mol. The number of ether oxygens (including phenoxy) is 3. The van der Waals surface area contributed by atoms with Gasteiger partial charge in [0, 0.05) is 14.1 Å². The molecule has 1 heterocycles. The summed E-state index contributed by atoms with van der Waals surface area (Å²) in [6.45, 7) is -3.06. The molecule has 148 valence electrons. The van der Waals surface area contributed by atoms with Crippen LogP contribution in [-0.4, -0.2) is 49.9 Å². The molecule has 11 heteroatoms. The van der Waals surface area contributed by atoms with E-state index in [2.05, 4.69) is 19.7 Å². The molecule has 1 aromatic heterocycles. The number of anilines is 2. The van der Waals surface area contributed by atoms with Crippen molar-refractivity contribution in [1.82, 2.24) is 15.0 Å². The number of nitrogens with two attached hydrogens (primary N) is 1. The maximum absolute atomic E-state index is 12.7. The first kappa shape index (κ1) is 20.6. The third kappa shape index (κ3) is 4.73. The van der Waals surface area contributed by atoms with Crippen LogP contribution in [0, 0.1) is 11.3 Å². The lowest BCUT2D eigenvalue weighted by atomic mass is 10.1. The second-order valence-corrected chi connectivity index (χ2v) is 5.51. The van der Waals surface area contributed by atoms with Crippen molar-refractivity contribution in [3.05, 3.63) is 23.5 Å². The van der Waals surface area contributed by atoms with E-state index in [1.54, 1.807) is 19.0 Å². The van der Waals surface area contributed by atoms with Gasteiger partial charge in [0.05, 0.1) is 19.8 Å². The fourth-order valence-corrected chi connectivity index (χ4v) is 2.20. The van der Waals surface area contributed by atoms with Gasteiger partial charge >= 0.3 is 6.61 Å². The highest BCUT2D eigenvalue weighted by atomic mass is 19.3. The Morgan fingerprint density at radius 3 is 2.25 bits per heavy atom. The van der Waals surface area contributed by atoms with Gasteiger partial charge in [0.15, 0.2) is 17.3 Å². The Morgan fingerprint density at radius 2 is 1.79 bits per heavy atom. The molecule has 0 radical (unpaired) electrons. The van der Waals surface area contributed by atoms with Gasteiger partial charge in [-0.25, -0.2) is 0 Å². The zero-order chi connectivity index (χ0) is 20.8. The summed E-state index contributed by atoms with van der Waals surface area (Å²) in [7, 11) is 6.02. The van der Waals surface area contributed by atoms with Gasteiger partial charge in [-0.2, -0.15) is 29.0 Å². The number of allylic oxidation sites excluding steroid dienone is 1. The molecular weight excluding hydrogens is 374 g/mol. The van der Waals surface area contributed by atoms with E-state index >= 15 is 0 Å². The van der Waals surface area contributed by atoms with Gasteiger partial charge in [0.2, 0.25) is 17.6 Å². The Bertz CT molecular complexity index is 903. The first-order valence-corrected chi connectivity index (χ1v) is 7.81. The standard InChI is InChI=1S/C17H18F2N6O3/c1-25(2)17-23-14(22-16(21)24-17)10(8-20)5-9-6-11(26-3)13(28-15(18)19)12(7-9)27-4/h5-7,15H,1-4H3,(H2,21,22,23,24)/b10-5+. The number of methoxy groups -OCH3 is 2. The van der Waals surface area contributed by atoms with E-state index in [9.17, 15) is 14.0 Å². The summed E-state index contributed by atoms with van der Waals surface area (Å²) < 4.78 is 40.0. The number of hydrogen-bond acceptors (Lipinski definition) is 9. The van der Waals surface area contributed by atoms with Gasteiger partial charge in [-0.1, -0.05) is 0 Å². The number of nitriles is 1. The van der Waals surface area contributed by atoms with Crippen LogP contribution < -0.4 is 24.8 Å². The summed E-state index contributed by atoms with van der Waals surface area (Å²) >= 11 is 0. The summed E-state index contributed by atoms with van der Waals surface area (Å²) in [5.41, 5.74) is 6.17. The molecule has 2 aromatic rings. The minimum absolute atomic E-state index is 0.00679. The van der Waals surface area contributed by atoms with Crippen molar-refractivity contribution in [2.75, 3.05) is 38.9 Å². The minimum atomic E-state index is -3.06. The lowest BCUT2D eigenvalue weighted by Gasteiger charge is -2.15. The SMILES string of the molecule is COc1cc(/C=C(\C#N)c2nc(N)nc(N(C)C)n2)cc(OC)c1OC(F)F. The summed E-state index contributed by atoms with van der Waals surface area (Å²) in [5, 5.41) is 9.53. The highest BCUT2D eigenvalue weighted by molar-refractivity contribution is 5.88. The smallest absolute Gasteiger partial charge is 0.387 e. The monoisotopic (exact) mass is 392 g/mol. The number of hydrogen-bond donors (Lipinski definition) is 1. The molecule has 2 N–H and O–H groups in total. The predicted octanol–water partition coefficient (Wildman–Crippen LogP) is 2.20. The molecule has 0 atom stereocenters. The Balaban J connectivity index is 2.57. The molecule has 1 aromatic carbocycles. The fourth-order valence-electron chi connectivity index (χ4n) is 2.20. The molecule has 2 rings (SSSR count). The normalized spacial score (nSPS) is 11.1. The van der Waals surface area contributed by atoms with E-state index in [0.717, 1.165) is 0 Å². The van der Waals surface area contributed by atoms with Crippen LogP contribution in [0.3, 0.4) is 0 Å². The maximum Gasteiger partial charge on any atom is 0.387 e. The molecule has 0 saturated heterocycles. The van der Waals surface area contributed by atoms with E-state index in [4.69, 9.17) is 15.2 Å². The molecule has 0 spiro atoms. The van der Waals surface area contributed by atoms with Crippen LogP contribution in [0.5, 0.6) is 17.2 Å². The Labute approximate surface area is 160 Å². The lowest BCUT2D eigenvalue weighted by Crippen LogP contribution is -2.15. The van der Waals surface area contributed by atoms with Crippen molar-refractivity contribution in [1.29, 1.82) is 5.26 Å². The van der Waals surface area contributed by atoms with Crippen LogP contribution in [0.4, 0.5) is 20.7 Å². The zero-order valence-corrected chi connectivity index (χ0v) is 15.6. The summed E-state index contributed by atoms with van der Waals surface area (Å²) in [6.07, 6.45) is 1.44. The van der Waals surface area contributed by atoms with Gasteiger partial charge in [-0.15, -0.1) is 0 Å². The van der Waals surface area contributed by atoms with Crippen LogP contribution in [-0.2, 0) is 0 Å². The van der Waals surface area contributed by atoms with Crippen LogP contribution >= 0.6 is 0 Å². The van der Waals surface area contributed by atoms with Crippen molar-refractivity contribution < 1.29 is 23.0 Å². The molecular formula is C17H18F2N6O3. The van der Waals surface area contributed by atoms with Crippen molar-refractivity contribution in [3.8, 4) is 23.3 Å². The topological polar surface area (TPSA) is 119 Å². The lowest BCUT2D eigenvalue weighted by molar-refractivity contribution is -0.0526. The van der Waals surface area contributed by atoms with Crippen LogP contribution in [0.15, 0.2) is 12.1 Å². The molecule has 28 heavy (non-hydrogen) atoms. The summed E-state index contributed by atoms with van der Waals surface area (Å²) in [5.74, 6) is 0.0457. The van der Waals surface area contributed by atoms with Crippen LogP contribution in [0.2, 0.25) is 0 Å². The number of nitrogen functional groups attached to an aromatic ring is 1. The highest BCUT2D eigenvalue weighted by Crippen LogP contribution is 2.40. The second kappa shape index (κ2) is 8.81. The third-order valence-corrected chi connectivity index (χ3v) is 3.40. The van der Waals surface area contributed by atoms with Crippen molar-refractivity contribution in [2.24, 2.45) is 0 Å². The van der Waals surface area contributed by atoms with E-state index in [-0.39, 0.29) is 40.5 Å². The largest absolute Gasteiger partial charge is 0.493 e. The van der Waals surface area contributed by atoms with Crippen molar-refractivity contribution >= 4 is 23.5 Å². The van der Waals surface area contributed by atoms with Gasteiger partial charge < -0.3 is 24.8 Å². The average Bonchev–Trinajstić information content (AvgIpc) is 2.65. The molecule has 0 aliphatic rings. The number of alkyl halides is 2. The third-order valence-electron chi connectivity index (χ3n) is 3.40. The quantitative estimate of drug-likeness (QED) is 0.707. The van der Waals surface area contributed by atoms with Crippen molar-refractivity contribution in [3.63, 3.8) is 0 Å². The van der Waals surface area contributed by atoms with Crippen LogP contribution in [0.1, 0.15) is 11.4 Å². The summed E-state index contributed by atoms with van der Waals surface area (Å²) in [4.78, 5) is 13.7.